The van der Waals surface area contributed by atoms with E-state index in [-0.39, 0.29) is 17.4 Å². The Balaban J connectivity index is 1.77. The summed E-state index contributed by atoms with van der Waals surface area (Å²) >= 11 is 0. The van der Waals surface area contributed by atoms with Gasteiger partial charge in [-0.2, -0.15) is 0 Å². The Hall–Kier alpha value is -0.650. The summed E-state index contributed by atoms with van der Waals surface area (Å²) in [7, 11) is 0. The average molecular weight is 269 g/mol. The maximum Gasteiger partial charge on any atom is 0.227 e. The number of ether oxygens (including phenoxy) is 1. The average Bonchev–Trinajstić information content (AvgIpc) is 2.40. The molecule has 0 bridgehead atoms. The van der Waals surface area contributed by atoms with Gasteiger partial charge >= 0.3 is 0 Å². The van der Waals surface area contributed by atoms with Crippen molar-refractivity contribution in [1.29, 1.82) is 0 Å². The predicted octanol–water partition coefficient (Wildman–Crippen LogP) is 0.213. The minimum absolute atomic E-state index is 0.195. The van der Waals surface area contributed by atoms with E-state index >= 15 is 0 Å². The number of hydrogen-bond acceptors (Lipinski definition) is 4. The van der Waals surface area contributed by atoms with Gasteiger partial charge in [0, 0.05) is 32.2 Å². The summed E-state index contributed by atoms with van der Waals surface area (Å²) < 4.78 is 5.34. The second-order valence-corrected chi connectivity index (χ2v) is 6.13. The van der Waals surface area contributed by atoms with Gasteiger partial charge in [-0.25, -0.2) is 0 Å². The summed E-state index contributed by atoms with van der Waals surface area (Å²) in [5.74, 6) is 0.195. The van der Waals surface area contributed by atoms with Crippen molar-refractivity contribution in [3.63, 3.8) is 0 Å². The Morgan fingerprint density at radius 1 is 1.47 bits per heavy atom. The minimum Gasteiger partial charge on any atom is -0.379 e. The van der Waals surface area contributed by atoms with Gasteiger partial charge in [-0.15, -0.1) is 0 Å². The third-order valence-electron chi connectivity index (χ3n) is 4.16. The third kappa shape index (κ3) is 4.16. The van der Waals surface area contributed by atoms with Gasteiger partial charge in [-0.1, -0.05) is 0 Å². The van der Waals surface area contributed by atoms with Gasteiger partial charge in [0.1, 0.15) is 0 Å². The highest BCUT2D eigenvalue weighted by molar-refractivity contribution is 5.82. The van der Waals surface area contributed by atoms with Crippen molar-refractivity contribution >= 4 is 5.91 Å². The molecule has 2 atom stereocenters. The van der Waals surface area contributed by atoms with Crippen molar-refractivity contribution < 1.29 is 9.53 Å². The zero-order chi connectivity index (χ0) is 13.7. The van der Waals surface area contributed by atoms with E-state index in [0.29, 0.717) is 0 Å². The molecule has 2 aliphatic heterocycles. The summed E-state index contributed by atoms with van der Waals surface area (Å²) in [4.78, 5) is 14.7. The lowest BCUT2D eigenvalue weighted by atomic mass is 9.82. The minimum atomic E-state index is -0.239. The zero-order valence-corrected chi connectivity index (χ0v) is 12.2. The molecule has 1 amide bonds. The Labute approximate surface area is 116 Å². The quantitative estimate of drug-likeness (QED) is 0.766. The molecule has 19 heavy (non-hydrogen) atoms. The van der Waals surface area contributed by atoms with Crippen LogP contribution in [0.15, 0.2) is 0 Å². The molecule has 2 saturated heterocycles. The summed E-state index contributed by atoms with van der Waals surface area (Å²) in [5.41, 5.74) is -0.239. The van der Waals surface area contributed by atoms with Gasteiger partial charge in [0.25, 0.3) is 0 Å². The largest absolute Gasteiger partial charge is 0.379 e. The number of carbonyl (C=O) groups excluding carboxylic acids is 1. The molecule has 2 N–H and O–H groups in total. The first-order chi connectivity index (χ1) is 9.10. The topological polar surface area (TPSA) is 53.6 Å². The van der Waals surface area contributed by atoms with Crippen molar-refractivity contribution in [3.8, 4) is 0 Å². The second-order valence-electron chi connectivity index (χ2n) is 6.13. The fourth-order valence-electron chi connectivity index (χ4n) is 2.86. The lowest BCUT2D eigenvalue weighted by Crippen LogP contribution is -2.53. The fraction of sp³-hybridized carbons (Fsp3) is 0.929. The van der Waals surface area contributed by atoms with Crippen LogP contribution in [0.3, 0.4) is 0 Å². The normalized spacial score (nSPS) is 30.8. The van der Waals surface area contributed by atoms with E-state index in [1.807, 2.05) is 0 Å². The molecular weight excluding hydrogens is 242 g/mol. The van der Waals surface area contributed by atoms with Gasteiger partial charge in [-0.05, 0) is 33.2 Å². The van der Waals surface area contributed by atoms with E-state index in [0.717, 1.165) is 58.8 Å². The number of nitrogens with one attached hydrogen (secondary N) is 2. The first-order valence-corrected chi connectivity index (χ1v) is 7.42. The molecule has 5 nitrogen and oxygen atoms in total. The van der Waals surface area contributed by atoms with Gasteiger partial charge in [0.2, 0.25) is 5.91 Å². The molecule has 5 heteroatoms. The van der Waals surface area contributed by atoms with Crippen molar-refractivity contribution in [1.82, 2.24) is 15.5 Å². The van der Waals surface area contributed by atoms with Crippen LogP contribution in [0.25, 0.3) is 0 Å². The molecule has 0 aliphatic carbocycles. The van der Waals surface area contributed by atoms with Crippen LogP contribution in [-0.2, 0) is 9.53 Å². The Morgan fingerprint density at radius 2 is 2.21 bits per heavy atom. The van der Waals surface area contributed by atoms with Crippen LogP contribution in [0.5, 0.6) is 0 Å². The SMILES string of the molecule is CC(CN1CCOCC1)NC(=O)C1(C)CCCNC1. The van der Waals surface area contributed by atoms with Crippen LogP contribution in [0, 0.1) is 5.41 Å². The summed E-state index contributed by atoms with van der Waals surface area (Å²) in [5, 5.41) is 6.50. The molecule has 0 spiro atoms. The third-order valence-corrected chi connectivity index (χ3v) is 4.16. The van der Waals surface area contributed by atoms with Crippen LogP contribution < -0.4 is 10.6 Å². The van der Waals surface area contributed by atoms with Crippen molar-refractivity contribution in [2.45, 2.75) is 32.7 Å². The van der Waals surface area contributed by atoms with Crippen LogP contribution in [0.2, 0.25) is 0 Å². The van der Waals surface area contributed by atoms with Gasteiger partial charge in [-0.3, -0.25) is 9.69 Å². The molecule has 2 rings (SSSR count). The summed E-state index contributed by atoms with van der Waals surface area (Å²) in [6.45, 7) is 10.5. The van der Waals surface area contributed by atoms with E-state index in [9.17, 15) is 4.79 Å². The van der Waals surface area contributed by atoms with Crippen molar-refractivity contribution in [3.05, 3.63) is 0 Å². The van der Waals surface area contributed by atoms with Crippen LogP contribution in [0.4, 0.5) is 0 Å². The highest BCUT2D eigenvalue weighted by Crippen LogP contribution is 2.25. The highest BCUT2D eigenvalue weighted by atomic mass is 16.5. The van der Waals surface area contributed by atoms with Crippen LogP contribution in [0.1, 0.15) is 26.7 Å². The van der Waals surface area contributed by atoms with Crippen LogP contribution >= 0.6 is 0 Å². The predicted molar refractivity (Wildman–Crippen MR) is 75.1 cm³/mol. The van der Waals surface area contributed by atoms with E-state index in [1.54, 1.807) is 0 Å². The number of nitrogens with zero attached hydrogens (tertiary/aromatic N) is 1. The maximum atomic E-state index is 12.4. The van der Waals surface area contributed by atoms with Crippen molar-refractivity contribution in [2.24, 2.45) is 5.41 Å². The van der Waals surface area contributed by atoms with Crippen LogP contribution in [-0.4, -0.2) is 62.8 Å². The Bertz CT molecular complexity index is 297. The molecule has 0 aromatic carbocycles. The van der Waals surface area contributed by atoms with E-state index in [4.69, 9.17) is 4.74 Å². The summed E-state index contributed by atoms with van der Waals surface area (Å²) in [6.07, 6.45) is 2.07. The number of hydrogen-bond donors (Lipinski definition) is 2. The molecule has 0 saturated carbocycles. The van der Waals surface area contributed by atoms with Gasteiger partial charge in [0.05, 0.1) is 18.6 Å². The smallest absolute Gasteiger partial charge is 0.227 e. The van der Waals surface area contributed by atoms with Gasteiger partial charge in [0.15, 0.2) is 0 Å². The molecule has 2 aliphatic rings. The fourth-order valence-corrected chi connectivity index (χ4v) is 2.86. The summed E-state index contributed by atoms with van der Waals surface area (Å²) in [6, 6.07) is 0.198. The monoisotopic (exact) mass is 269 g/mol. The maximum absolute atomic E-state index is 12.4. The number of morpholine rings is 1. The van der Waals surface area contributed by atoms with Gasteiger partial charge < -0.3 is 15.4 Å². The van der Waals surface area contributed by atoms with E-state index in [2.05, 4.69) is 29.4 Å². The first kappa shape index (κ1) is 14.8. The molecule has 0 radical (unpaired) electrons. The number of piperidine rings is 1. The highest BCUT2D eigenvalue weighted by Gasteiger charge is 2.35. The molecule has 2 unspecified atom stereocenters. The molecule has 110 valence electrons. The molecule has 0 aromatic rings. The molecule has 2 heterocycles. The lowest BCUT2D eigenvalue weighted by molar-refractivity contribution is -0.131. The first-order valence-electron chi connectivity index (χ1n) is 7.42. The molecular formula is C14H27N3O2. The standard InChI is InChI=1S/C14H27N3O2/c1-12(10-17-6-8-19-9-7-17)16-13(18)14(2)4-3-5-15-11-14/h12,15H,3-11H2,1-2H3,(H,16,18). The van der Waals surface area contributed by atoms with E-state index in [1.165, 1.54) is 0 Å². The number of rotatable bonds is 4. The molecule has 0 aromatic heterocycles. The van der Waals surface area contributed by atoms with E-state index < -0.39 is 0 Å². The lowest BCUT2D eigenvalue weighted by Gasteiger charge is -2.35. The van der Waals surface area contributed by atoms with Crippen molar-refractivity contribution in [2.75, 3.05) is 45.9 Å². The Morgan fingerprint density at radius 3 is 2.84 bits per heavy atom. The number of carbonyl (C=O) groups is 1. The Kier molecular flexibility index (Phi) is 5.19. The number of amides is 1. The second kappa shape index (κ2) is 6.68. The zero-order valence-electron chi connectivity index (χ0n) is 12.2. The molecule has 2 fully saturated rings.